The summed E-state index contributed by atoms with van der Waals surface area (Å²) in [5, 5.41) is 8.53. The molecule has 94 valence electrons. The molecule has 0 aromatic carbocycles. The Balaban J connectivity index is 3.15. The Morgan fingerprint density at radius 1 is 1.53 bits per heavy atom. The van der Waals surface area contributed by atoms with E-state index >= 15 is 0 Å². The van der Waals surface area contributed by atoms with Crippen LogP contribution in [0.4, 0.5) is 13.2 Å². The van der Waals surface area contributed by atoms with E-state index in [1.165, 1.54) is 6.92 Å². The SMILES string of the molecule is Cc1[nH]c(=O)c(OC(F)(F)F)cc1CC(=O)O. The van der Waals surface area contributed by atoms with Gasteiger partial charge in [0.15, 0.2) is 5.75 Å². The summed E-state index contributed by atoms with van der Waals surface area (Å²) in [6.07, 6.45) is -5.50. The first-order valence-electron chi connectivity index (χ1n) is 4.39. The Morgan fingerprint density at radius 3 is 2.59 bits per heavy atom. The average molecular weight is 251 g/mol. The topological polar surface area (TPSA) is 79.4 Å². The van der Waals surface area contributed by atoms with Gasteiger partial charge in [0.2, 0.25) is 0 Å². The number of nitrogens with one attached hydrogen (secondary N) is 1. The van der Waals surface area contributed by atoms with E-state index in [0.29, 0.717) is 0 Å². The number of pyridine rings is 1. The number of aliphatic carboxylic acids is 1. The molecule has 1 aromatic heterocycles. The van der Waals surface area contributed by atoms with Gasteiger partial charge in [-0.25, -0.2) is 0 Å². The highest BCUT2D eigenvalue weighted by atomic mass is 19.4. The van der Waals surface area contributed by atoms with E-state index in [4.69, 9.17) is 5.11 Å². The van der Waals surface area contributed by atoms with Crippen LogP contribution in [0, 0.1) is 6.92 Å². The molecule has 17 heavy (non-hydrogen) atoms. The first-order valence-corrected chi connectivity index (χ1v) is 4.39. The fourth-order valence-corrected chi connectivity index (χ4v) is 1.19. The lowest BCUT2D eigenvalue weighted by Crippen LogP contribution is -2.23. The van der Waals surface area contributed by atoms with Gasteiger partial charge in [0.1, 0.15) is 0 Å². The highest BCUT2D eigenvalue weighted by Gasteiger charge is 2.32. The maximum atomic E-state index is 11.9. The largest absolute Gasteiger partial charge is 0.573 e. The molecule has 2 N–H and O–H groups in total. The number of alkyl halides is 3. The molecular weight excluding hydrogens is 243 g/mol. The molecule has 0 saturated heterocycles. The molecule has 5 nitrogen and oxygen atoms in total. The first-order chi connectivity index (χ1) is 7.69. The predicted molar refractivity (Wildman–Crippen MR) is 49.8 cm³/mol. The van der Waals surface area contributed by atoms with Gasteiger partial charge in [-0.15, -0.1) is 13.2 Å². The number of carboxylic acids is 1. The number of H-pyrrole nitrogens is 1. The van der Waals surface area contributed by atoms with Gasteiger partial charge in [-0.3, -0.25) is 9.59 Å². The Hall–Kier alpha value is -1.99. The van der Waals surface area contributed by atoms with Crippen molar-refractivity contribution in [3.63, 3.8) is 0 Å². The van der Waals surface area contributed by atoms with Crippen LogP contribution in [0.1, 0.15) is 11.3 Å². The zero-order chi connectivity index (χ0) is 13.2. The van der Waals surface area contributed by atoms with Crippen molar-refractivity contribution in [2.24, 2.45) is 0 Å². The Bertz CT molecular complexity index is 492. The van der Waals surface area contributed by atoms with Crippen LogP contribution in [0.15, 0.2) is 10.9 Å². The number of hydrogen-bond donors (Lipinski definition) is 2. The average Bonchev–Trinajstić information content (AvgIpc) is 2.10. The molecule has 0 aliphatic heterocycles. The molecule has 1 aromatic rings. The van der Waals surface area contributed by atoms with E-state index in [1.807, 2.05) is 0 Å². The normalized spacial score (nSPS) is 11.3. The third-order valence-corrected chi connectivity index (χ3v) is 1.88. The quantitative estimate of drug-likeness (QED) is 0.846. The first kappa shape index (κ1) is 13.1. The van der Waals surface area contributed by atoms with Crippen molar-refractivity contribution in [3.8, 4) is 5.75 Å². The van der Waals surface area contributed by atoms with Crippen molar-refractivity contribution >= 4 is 5.97 Å². The van der Waals surface area contributed by atoms with Gasteiger partial charge in [0, 0.05) is 5.69 Å². The summed E-state index contributed by atoms with van der Waals surface area (Å²) in [4.78, 5) is 23.7. The molecule has 0 aliphatic carbocycles. The summed E-state index contributed by atoms with van der Waals surface area (Å²) >= 11 is 0. The number of rotatable bonds is 3. The zero-order valence-corrected chi connectivity index (χ0v) is 8.59. The second kappa shape index (κ2) is 4.48. The lowest BCUT2D eigenvalue weighted by atomic mass is 10.1. The molecule has 0 radical (unpaired) electrons. The maximum absolute atomic E-state index is 11.9. The van der Waals surface area contributed by atoms with Crippen LogP contribution in [0.5, 0.6) is 5.75 Å². The molecule has 0 aliphatic rings. The lowest BCUT2D eigenvalue weighted by molar-refractivity contribution is -0.275. The van der Waals surface area contributed by atoms with Gasteiger partial charge >= 0.3 is 12.3 Å². The molecule has 0 amide bonds. The van der Waals surface area contributed by atoms with Gasteiger partial charge in [-0.2, -0.15) is 0 Å². The molecule has 0 atom stereocenters. The highest BCUT2D eigenvalue weighted by molar-refractivity contribution is 5.70. The number of hydrogen-bond acceptors (Lipinski definition) is 3. The van der Waals surface area contributed by atoms with E-state index in [-0.39, 0.29) is 11.3 Å². The third-order valence-electron chi connectivity index (χ3n) is 1.88. The standard InChI is InChI=1S/C9H8F3NO4/c1-4-5(3-7(14)15)2-6(8(16)13-4)17-9(10,11)12/h2H,3H2,1H3,(H,13,16)(H,14,15). The highest BCUT2D eigenvalue weighted by Crippen LogP contribution is 2.21. The minimum Gasteiger partial charge on any atom is -0.481 e. The molecule has 0 unspecified atom stereocenters. The van der Waals surface area contributed by atoms with Crippen LogP contribution in [0.25, 0.3) is 0 Å². The molecule has 1 rings (SSSR count). The van der Waals surface area contributed by atoms with Crippen molar-refractivity contribution in [2.75, 3.05) is 0 Å². The van der Waals surface area contributed by atoms with E-state index in [1.54, 1.807) is 0 Å². The van der Waals surface area contributed by atoms with Gasteiger partial charge in [0.05, 0.1) is 6.42 Å². The predicted octanol–water partition coefficient (Wildman–Crippen LogP) is 1.21. The number of carbonyl (C=O) groups is 1. The minimum absolute atomic E-state index is 0.0522. The lowest BCUT2D eigenvalue weighted by Gasteiger charge is -2.10. The summed E-state index contributed by atoms with van der Waals surface area (Å²) < 4.78 is 39.2. The molecule has 8 heteroatoms. The fraction of sp³-hybridized carbons (Fsp3) is 0.333. The van der Waals surface area contributed by atoms with E-state index in [2.05, 4.69) is 9.72 Å². The number of ether oxygens (including phenoxy) is 1. The Labute approximate surface area is 92.8 Å². The number of aromatic nitrogens is 1. The van der Waals surface area contributed by atoms with E-state index in [0.717, 1.165) is 6.07 Å². The van der Waals surface area contributed by atoms with E-state index in [9.17, 15) is 22.8 Å². The van der Waals surface area contributed by atoms with Crippen molar-refractivity contribution in [2.45, 2.75) is 19.7 Å². The Morgan fingerprint density at radius 2 is 2.12 bits per heavy atom. The molecule has 0 saturated carbocycles. The van der Waals surface area contributed by atoms with Gasteiger partial charge in [0.25, 0.3) is 5.56 Å². The van der Waals surface area contributed by atoms with Gasteiger partial charge in [-0.1, -0.05) is 0 Å². The second-order valence-electron chi connectivity index (χ2n) is 3.23. The molecule has 0 fully saturated rings. The summed E-state index contributed by atoms with van der Waals surface area (Å²) in [6, 6.07) is 0.774. The third kappa shape index (κ3) is 3.82. The van der Waals surface area contributed by atoms with Crippen LogP contribution in [0.3, 0.4) is 0 Å². The number of carboxylic acid groups (broad SMARTS) is 1. The van der Waals surface area contributed by atoms with Gasteiger partial charge < -0.3 is 14.8 Å². The number of aromatic amines is 1. The number of halogens is 3. The van der Waals surface area contributed by atoms with Crippen molar-refractivity contribution in [3.05, 3.63) is 27.7 Å². The molecule has 0 spiro atoms. The zero-order valence-electron chi connectivity index (χ0n) is 8.59. The van der Waals surface area contributed by atoms with Gasteiger partial charge in [-0.05, 0) is 18.6 Å². The Kier molecular flexibility index (Phi) is 3.45. The van der Waals surface area contributed by atoms with Crippen LogP contribution in [-0.2, 0) is 11.2 Å². The smallest absolute Gasteiger partial charge is 0.481 e. The van der Waals surface area contributed by atoms with Crippen molar-refractivity contribution < 1.29 is 27.8 Å². The fourth-order valence-electron chi connectivity index (χ4n) is 1.19. The summed E-state index contributed by atoms with van der Waals surface area (Å²) in [5.41, 5.74) is -0.822. The van der Waals surface area contributed by atoms with E-state index < -0.39 is 30.1 Å². The number of aryl methyl sites for hydroxylation is 1. The second-order valence-corrected chi connectivity index (χ2v) is 3.23. The molecule has 0 bridgehead atoms. The molecular formula is C9H8F3NO4. The van der Waals surface area contributed by atoms with Crippen LogP contribution >= 0.6 is 0 Å². The van der Waals surface area contributed by atoms with Crippen LogP contribution < -0.4 is 10.3 Å². The summed E-state index contributed by atoms with van der Waals surface area (Å²) in [7, 11) is 0. The van der Waals surface area contributed by atoms with Crippen molar-refractivity contribution in [1.82, 2.24) is 4.98 Å². The molecule has 1 heterocycles. The van der Waals surface area contributed by atoms with Crippen LogP contribution in [0.2, 0.25) is 0 Å². The monoisotopic (exact) mass is 251 g/mol. The van der Waals surface area contributed by atoms with Crippen LogP contribution in [-0.4, -0.2) is 22.4 Å². The maximum Gasteiger partial charge on any atom is 0.573 e. The summed E-state index contributed by atoms with van der Waals surface area (Å²) in [5.74, 6) is -2.20. The minimum atomic E-state index is -5.00. The van der Waals surface area contributed by atoms with Crippen molar-refractivity contribution in [1.29, 1.82) is 0 Å². The summed E-state index contributed by atoms with van der Waals surface area (Å²) in [6.45, 7) is 1.39.